The minimum absolute atomic E-state index is 0.0328. The summed E-state index contributed by atoms with van der Waals surface area (Å²) >= 11 is 20.0. The lowest BCUT2D eigenvalue weighted by atomic mass is 9.93. The van der Waals surface area contributed by atoms with Crippen LogP contribution in [-0.2, 0) is 57.2 Å². The van der Waals surface area contributed by atoms with Crippen molar-refractivity contribution >= 4 is 126 Å². The van der Waals surface area contributed by atoms with Crippen LogP contribution in [0.2, 0.25) is 10.0 Å². The third kappa shape index (κ3) is 24.9. The fourth-order valence-electron chi connectivity index (χ4n) is 13.9. The monoisotopic (exact) mass is 1780 g/mol. The lowest BCUT2D eigenvalue weighted by molar-refractivity contribution is -0.145. The number of carboxylic acid groups (broad SMARTS) is 3. The van der Waals surface area contributed by atoms with Crippen molar-refractivity contribution in [1.29, 1.82) is 0 Å². The Morgan fingerprint density at radius 2 is 0.845 bits per heavy atom. The molecule has 27 nitrogen and oxygen atoms in total. The lowest BCUT2D eigenvalue weighted by Crippen LogP contribution is -2.50. The number of alkyl halides is 5. The number of amidine groups is 3. The minimum atomic E-state index is -3.07. The first-order valence-corrected chi connectivity index (χ1v) is 40.3. The number of aliphatic carboxylic acids is 3. The fourth-order valence-corrected chi connectivity index (χ4v) is 16.7. The van der Waals surface area contributed by atoms with E-state index in [1.807, 2.05) is 4.90 Å². The van der Waals surface area contributed by atoms with E-state index < -0.39 is 147 Å². The Balaban J connectivity index is 0.000000184. The molecule has 0 bridgehead atoms. The van der Waals surface area contributed by atoms with Crippen LogP contribution in [0.25, 0.3) is 0 Å². The summed E-state index contributed by atoms with van der Waals surface area (Å²) in [5.41, 5.74) is 2.57. The van der Waals surface area contributed by atoms with Gasteiger partial charge in [-0.2, -0.15) is 0 Å². The molecule has 0 spiro atoms. The number of hydrogen-bond acceptors (Lipinski definition) is 27. The number of carbonyl (C=O) groups excluding carboxylic acids is 3. The summed E-state index contributed by atoms with van der Waals surface area (Å²) in [5.74, 6) is -13.7. The van der Waals surface area contributed by atoms with E-state index in [4.69, 9.17) is 76.9 Å². The first-order chi connectivity index (χ1) is 55.4. The molecule has 9 heterocycles. The number of aliphatic imine (C=N–C) groups is 3. The molecule has 6 aromatic rings. The molecule has 116 heavy (non-hydrogen) atoms. The number of thiazole rings is 3. The second kappa shape index (κ2) is 41.6. The topological polar surface area (TPSA) is 340 Å². The van der Waals surface area contributed by atoms with E-state index in [0.717, 1.165) is 12.1 Å². The van der Waals surface area contributed by atoms with E-state index in [-0.39, 0.29) is 124 Å². The van der Waals surface area contributed by atoms with Crippen molar-refractivity contribution in [2.45, 2.75) is 76.2 Å². The number of aromatic nitrogens is 3. The van der Waals surface area contributed by atoms with Crippen molar-refractivity contribution in [3.8, 4) is 0 Å². The van der Waals surface area contributed by atoms with Crippen molar-refractivity contribution in [1.82, 2.24) is 45.6 Å². The van der Waals surface area contributed by atoms with Gasteiger partial charge in [0.2, 0.25) is 0 Å². The van der Waals surface area contributed by atoms with E-state index in [1.165, 1.54) is 86.3 Å². The molecule has 6 aliphatic heterocycles. The molecule has 3 fully saturated rings. The number of hydrogen-bond donors (Lipinski definition) is 6. The normalized spacial score (nSPS) is 21.6. The van der Waals surface area contributed by atoms with Gasteiger partial charge in [-0.1, -0.05) is 57.3 Å². The van der Waals surface area contributed by atoms with Gasteiger partial charge in [0.1, 0.15) is 61.6 Å². The summed E-state index contributed by atoms with van der Waals surface area (Å²) in [6.07, 6.45) is 2.95. The van der Waals surface area contributed by atoms with Gasteiger partial charge in [-0.25, -0.2) is 78.8 Å². The summed E-state index contributed by atoms with van der Waals surface area (Å²) < 4.78 is 147. The van der Waals surface area contributed by atoms with Crippen LogP contribution in [0.4, 0.5) is 35.1 Å². The van der Waals surface area contributed by atoms with Gasteiger partial charge in [0.05, 0.1) is 69.5 Å². The van der Waals surface area contributed by atoms with Gasteiger partial charge in [0.25, 0.3) is 11.8 Å². The third-order valence-electron chi connectivity index (χ3n) is 18.1. The number of benzene rings is 3. The van der Waals surface area contributed by atoms with Crippen LogP contribution < -0.4 is 16.0 Å². The summed E-state index contributed by atoms with van der Waals surface area (Å²) in [4.78, 5) is 104. The third-order valence-corrected chi connectivity index (χ3v) is 21.8. The molecule has 0 radical (unpaired) electrons. The Morgan fingerprint density at radius 1 is 0.509 bits per heavy atom. The second-order valence-corrected chi connectivity index (χ2v) is 31.5. The molecule has 41 heteroatoms. The van der Waals surface area contributed by atoms with Gasteiger partial charge in [0, 0.05) is 148 Å². The molecule has 624 valence electrons. The second-order valence-electron chi connectivity index (χ2n) is 27.2. The van der Waals surface area contributed by atoms with Crippen molar-refractivity contribution in [2.75, 3.05) is 118 Å². The molecule has 6 N–H and O–H groups in total. The first-order valence-electron chi connectivity index (χ1n) is 36.1. The Kier molecular flexibility index (Phi) is 32.1. The number of ether oxygens (including phenoxy) is 6. The molecule has 3 aromatic heterocycles. The summed E-state index contributed by atoms with van der Waals surface area (Å²) in [6.45, 7) is 3.04. The van der Waals surface area contributed by atoms with E-state index in [0.29, 0.717) is 71.6 Å². The molecule has 12 rings (SSSR count). The largest absolute Gasteiger partial charge is 0.480 e. The number of carboxylic acids is 3. The number of likely N-dealkylation sites (tertiary alicyclic amines) is 3. The Bertz CT molecular complexity index is 4500. The van der Waals surface area contributed by atoms with Crippen molar-refractivity contribution in [2.24, 2.45) is 32.7 Å². The number of nitrogens with one attached hydrogen (secondary N) is 3. The van der Waals surface area contributed by atoms with Crippen molar-refractivity contribution in [3.05, 3.63) is 187 Å². The molecule has 0 aliphatic carbocycles. The molecular weight excluding hydrogens is 1710 g/mol. The number of nitrogens with zero attached hydrogens (tertiary/aromatic N) is 9. The Hall–Kier alpha value is -8.74. The van der Waals surface area contributed by atoms with Gasteiger partial charge in [-0.3, -0.25) is 29.7 Å². The van der Waals surface area contributed by atoms with Gasteiger partial charge >= 0.3 is 35.8 Å². The van der Waals surface area contributed by atoms with E-state index >= 15 is 0 Å². The highest BCUT2D eigenvalue weighted by molar-refractivity contribution is 9.10. The predicted molar refractivity (Wildman–Crippen MR) is 415 cm³/mol. The molecule has 6 aliphatic rings. The smallest absolute Gasteiger partial charge is 0.338 e. The zero-order chi connectivity index (χ0) is 83.5. The molecule has 3 saturated heterocycles. The van der Waals surface area contributed by atoms with Gasteiger partial charge in [-0.15, -0.1) is 34.0 Å². The highest BCUT2D eigenvalue weighted by atomic mass is 79.9. The van der Waals surface area contributed by atoms with Crippen LogP contribution in [0.5, 0.6) is 0 Å². The van der Waals surface area contributed by atoms with Crippen LogP contribution in [0.15, 0.2) is 143 Å². The molecule has 4 unspecified atom stereocenters. The molecule has 3 aromatic carbocycles. The maximum Gasteiger partial charge on any atom is 0.338 e. The van der Waals surface area contributed by atoms with E-state index in [2.05, 4.69) is 51.8 Å². The molecule has 0 amide bonds. The standard InChI is InChI=1S/C25H26BrF3N4O5S.C25H26ClF3N4O5S.C25H27ClF2N4O5S/c2*1-2-38-24(36)20-18(10-33-9-14(8-25(28,29)13-33)11-37-12-19(34)35)31-22(23-30-5-6-39-23)32-21(20)16-4-3-15(27)7-17(16)26;1-2-37-25(35)21-19(11-32-9-14(7-16(28)10-32)12-36-13-20(33)34)30-23(24-29-5-6-38-24)31-22(21)17-4-3-15(27)8-18(17)26/h2*3-7,14,21H,2,8-13H2,1H3,(H,31,32)(H,34,35);3-6,8,14,16,22H,2,7,9-13H2,1H3,(H,30,31)(H,33,34)/t2*14?,21-;14?,16?,22-/m000/s1. The number of halogens is 11. The SMILES string of the molecule is CCOC(=O)C1=C(CN2CC(COCC(=O)O)CC(F)(F)C2)NC(c2nccs2)=N[C@H]1c1ccc(F)cc1Br.CCOC(=O)C1=C(CN2CC(COCC(=O)O)CC(F)(F)C2)NC(c2nccs2)=N[C@H]1c1ccc(F)cc1Cl.CCOC(=O)C1=C(CN2CC(F)CC(COCC(=O)O)C2)NC(c2nccs2)=N[C@H]1c1ccc(F)cc1Cl. The zero-order valence-corrected chi connectivity index (χ0v) is 67.7. The number of rotatable bonds is 30. The average molecular weight is 1790 g/mol. The molecule has 7 atom stereocenters. The van der Waals surface area contributed by atoms with Gasteiger partial charge in [0.15, 0.2) is 32.5 Å². The first kappa shape index (κ1) is 89.6. The minimum Gasteiger partial charge on any atom is -0.480 e. The summed E-state index contributed by atoms with van der Waals surface area (Å²) in [5, 5.41) is 42.8. The number of piperidine rings is 3. The summed E-state index contributed by atoms with van der Waals surface area (Å²) in [7, 11) is 0. The van der Waals surface area contributed by atoms with E-state index in [9.17, 15) is 63.9 Å². The van der Waals surface area contributed by atoms with Crippen LogP contribution >= 0.6 is 73.1 Å². The summed E-state index contributed by atoms with van der Waals surface area (Å²) in [6, 6.07) is 8.70. The Morgan fingerprint density at radius 3 is 1.18 bits per heavy atom. The highest BCUT2D eigenvalue weighted by Gasteiger charge is 2.45. The lowest BCUT2D eigenvalue weighted by Gasteiger charge is -2.39. The van der Waals surface area contributed by atoms with Crippen LogP contribution in [-0.4, -0.2) is 235 Å². The van der Waals surface area contributed by atoms with Crippen LogP contribution in [0.3, 0.4) is 0 Å². The Labute approximate surface area is 689 Å². The molecule has 0 saturated carbocycles. The van der Waals surface area contributed by atoms with Crippen LogP contribution in [0.1, 0.15) is 89.9 Å². The highest BCUT2D eigenvalue weighted by Crippen LogP contribution is 2.43. The zero-order valence-electron chi connectivity index (χ0n) is 62.2. The fraction of sp³-hybridized carbons (Fsp3) is 0.440. The van der Waals surface area contributed by atoms with Crippen LogP contribution in [0, 0.1) is 35.2 Å². The quantitative estimate of drug-likeness (QED) is 0.0139. The number of esters is 3. The molecular formula is C75H79BrCl2F8N12O15S3. The number of carbonyl (C=O) groups is 6. The van der Waals surface area contributed by atoms with Crippen molar-refractivity contribution < 1.29 is 108 Å². The maximum absolute atomic E-state index is 14.7. The average Bonchev–Trinajstić information content (AvgIpc) is 1.19. The van der Waals surface area contributed by atoms with Crippen molar-refractivity contribution in [3.63, 3.8) is 0 Å². The van der Waals surface area contributed by atoms with Gasteiger partial charge in [-0.05, 0) is 75.1 Å². The predicted octanol–water partition coefficient (Wildman–Crippen LogP) is 11.5. The maximum atomic E-state index is 14.7. The van der Waals surface area contributed by atoms with E-state index in [1.54, 1.807) is 55.5 Å². The van der Waals surface area contributed by atoms with Gasteiger partial charge < -0.3 is 59.7 Å².